The standard InChI is InChI=1S/C16H27N3/c1-5-9-17-11-15-7-8-16(18-12-15)13-19(10-6-2)14(3)4/h6-8,12,14,17H,2,5,9-11,13H2,1,3-4H3. The maximum absolute atomic E-state index is 4.55. The lowest BCUT2D eigenvalue weighted by Gasteiger charge is -2.24. The van der Waals surface area contributed by atoms with Gasteiger partial charge in [0.05, 0.1) is 5.69 Å². The third-order valence-corrected chi connectivity index (χ3v) is 3.10. The summed E-state index contributed by atoms with van der Waals surface area (Å²) in [5.74, 6) is 0. The molecule has 3 heteroatoms. The van der Waals surface area contributed by atoms with Crippen LogP contribution in [0.1, 0.15) is 38.4 Å². The SMILES string of the molecule is C=CCN(Cc1ccc(CNCCC)cn1)C(C)C. The lowest BCUT2D eigenvalue weighted by molar-refractivity contribution is 0.234. The van der Waals surface area contributed by atoms with Gasteiger partial charge in [-0.3, -0.25) is 9.88 Å². The predicted octanol–water partition coefficient (Wildman–Crippen LogP) is 2.98. The van der Waals surface area contributed by atoms with Crippen LogP contribution in [-0.4, -0.2) is 29.0 Å². The Morgan fingerprint density at radius 1 is 1.42 bits per heavy atom. The van der Waals surface area contributed by atoms with E-state index < -0.39 is 0 Å². The molecular formula is C16H27N3. The van der Waals surface area contributed by atoms with Crippen molar-refractivity contribution < 1.29 is 0 Å². The van der Waals surface area contributed by atoms with E-state index in [0.29, 0.717) is 6.04 Å². The summed E-state index contributed by atoms with van der Waals surface area (Å²) < 4.78 is 0. The van der Waals surface area contributed by atoms with E-state index in [4.69, 9.17) is 0 Å². The summed E-state index contributed by atoms with van der Waals surface area (Å²) in [6.07, 6.45) is 5.09. The van der Waals surface area contributed by atoms with Gasteiger partial charge in [-0.2, -0.15) is 0 Å². The summed E-state index contributed by atoms with van der Waals surface area (Å²) in [5, 5.41) is 3.39. The van der Waals surface area contributed by atoms with Crippen LogP contribution in [0, 0.1) is 0 Å². The molecule has 0 aromatic carbocycles. The van der Waals surface area contributed by atoms with Crippen LogP contribution in [0.2, 0.25) is 0 Å². The number of hydrogen-bond donors (Lipinski definition) is 1. The zero-order valence-electron chi connectivity index (χ0n) is 12.5. The van der Waals surface area contributed by atoms with Crippen molar-refractivity contribution in [3.63, 3.8) is 0 Å². The molecule has 19 heavy (non-hydrogen) atoms. The number of nitrogens with one attached hydrogen (secondary N) is 1. The van der Waals surface area contributed by atoms with Crippen LogP contribution in [0.15, 0.2) is 31.0 Å². The summed E-state index contributed by atoms with van der Waals surface area (Å²) >= 11 is 0. The predicted molar refractivity (Wildman–Crippen MR) is 82.0 cm³/mol. The van der Waals surface area contributed by atoms with Crippen LogP contribution >= 0.6 is 0 Å². The van der Waals surface area contributed by atoms with Crippen molar-refractivity contribution >= 4 is 0 Å². The molecule has 1 N–H and O–H groups in total. The summed E-state index contributed by atoms with van der Waals surface area (Å²) in [7, 11) is 0. The molecule has 1 heterocycles. The van der Waals surface area contributed by atoms with E-state index in [0.717, 1.165) is 38.3 Å². The minimum atomic E-state index is 0.505. The largest absolute Gasteiger partial charge is 0.313 e. The summed E-state index contributed by atoms with van der Waals surface area (Å²) in [6.45, 7) is 14.1. The summed E-state index contributed by atoms with van der Waals surface area (Å²) in [4.78, 5) is 6.90. The molecule has 0 saturated carbocycles. The Bertz CT molecular complexity index is 357. The zero-order valence-corrected chi connectivity index (χ0v) is 12.5. The molecule has 0 aliphatic rings. The first kappa shape index (κ1) is 15.9. The van der Waals surface area contributed by atoms with Crippen molar-refractivity contribution in [1.82, 2.24) is 15.2 Å². The van der Waals surface area contributed by atoms with E-state index in [9.17, 15) is 0 Å². The van der Waals surface area contributed by atoms with E-state index in [1.54, 1.807) is 0 Å². The molecular weight excluding hydrogens is 234 g/mol. The first-order valence-electron chi connectivity index (χ1n) is 7.16. The lowest BCUT2D eigenvalue weighted by atomic mass is 10.2. The Hall–Kier alpha value is -1.19. The Kier molecular flexibility index (Phi) is 7.38. The molecule has 3 nitrogen and oxygen atoms in total. The molecule has 106 valence electrons. The Labute approximate surface area is 117 Å². The minimum Gasteiger partial charge on any atom is -0.313 e. The highest BCUT2D eigenvalue weighted by atomic mass is 15.1. The first-order chi connectivity index (χ1) is 9.17. The molecule has 0 aliphatic heterocycles. The van der Waals surface area contributed by atoms with Crippen LogP contribution in [0.4, 0.5) is 0 Å². The van der Waals surface area contributed by atoms with E-state index in [1.807, 2.05) is 12.3 Å². The van der Waals surface area contributed by atoms with Gasteiger partial charge in [0.2, 0.25) is 0 Å². The van der Waals surface area contributed by atoms with Gasteiger partial charge in [0.25, 0.3) is 0 Å². The van der Waals surface area contributed by atoms with Gasteiger partial charge in [0.15, 0.2) is 0 Å². The monoisotopic (exact) mass is 261 g/mol. The quantitative estimate of drug-likeness (QED) is 0.547. The Morgan fingerprint density at radius 3 is 2.74 bits per heavy atom. The number of pyridine rings is 1. The molecule has 1 aromatic rings. The van der Waals surface area contributed by atoms with Crippen molar-refractivity contribution in [3.05, 3.63) is 42.2 Å². The molecule has 0 saturated heterocycles. The Balaban J connectivity index is 2.52. The minimum absolute atomic E-state index is 0.505. The van der Waals surface area contributed by atoms with Crippen LogP contribution in [0.25, 0.3) is 0 Å². The van der Waals surface area contributed by atoms with Gasteiger partial charge in [0.1, 0.15) is 0 Å². The van der Waals surface area contributed by atoms with E-state index in [-0.39, 0.29) is 0 Å². The molecule has 0 amide bonds. The normalized spacial score (nSPS) is 11.2. The highest BCUT2D eigenvalue weighted by Crippen LogP contribution is 2.07. The third kappa shape index (κ3) is 5.99. The fourth-order valence-corrected chi connectivity index (χ4v) is 1.89. The van der Waals surface area contributed by atoms with Crippen LogP contribution < -0.4 is 5.32 Å². The first-order valence-corrected chi connectivity index (χ1v) is 7.16. The molecule has 0 unspecified atom stereocenters. The molecule has 1 rings (SSSR count). The van der Waals surface area contributed by atoms with Gasteiger partial charge in [-0.05, 0) is 38.4 Å². The fourth-order valence-electron chi connectivity index (χ4n) is 1.89. The van der Waals surface area contributed by atoms with Gasteiger partial charge in [-0.25, -0.2) is 0 Å². The van der Waals surface area contributed by atoms with E-state index in [2.05, 4.69) is 54.7 Å². The Morgan fingerprint density at radius 2 is 2.21 bits per heavy atom. The van der Waals surface area contributed by atoms with Crippen molar-refractivity contribution in [2.75, 3.05) is 13.1 Å². The van der Waals surface area contributed by atoms with Gasteiger partial charge in [-0.1, -0.05) is 19.1 Å². The van der Waals surface area contributed by atoms with Crippen molar-refractivity contribution in [2.24, 2.45) is 0 Å². The second kappa shape index (κ2) is 8.83. The second-order valence-electron chi connectivity index (χ2n) is 5.15. The molecule has 1 aromatic heterocycles. The van der Waals surface area contributed by atoms with Crippen molar-refractivity contribution in [3.8, 4) is 0 Å². The van der Waals surface area contributed by atoms with E-state index >= 15 is 0 Å². The number of rotatable bonds is 9. The van der Waals surface area contributed by atoms with E-state index in [1.165, 1.54) is 5.56 Å². The van der Waals surface area contributed by atoms with Crippen molar-refractivity contribution in [1.29, 1.82) is 0 Å². The molecule has 0 fully saturated rings. The maximum Gasteiger partial charge on any atom is 0.0544 e. The summed E-state index contributed by atoms with van der Waals surface area (Å²) in [5.41, 5.74) is 2.37. The van der Waals surface area contributed by atoms with Gasteiger partial charge in [0, 0.05) is 31.9 Å². The maximum atomic E-state index is 4.55. The smallest absolute Gasteiger partial charge is 0.0544 e. The highest BCUT2D eigenvalue weighted by molar-refractivity contribution is 5.14. The molecule has 0 spiro atoms. The zero-order chi connectivity index (χ0) is 14.1. The third-order valence-electron chi connectivity index (χ3n) is 3.10. The highest BCUT2D eigenvalue weighted by Gasteiger charge is 2.08. The average Bonchev–Trinajstić information content (AvgIpc) is 2.40. The van der Waals surface area contributed by atoms with Gasteiger partial charge >= 0.3 is 0 Å². The van der Waals surface area contributed by atoms with Gasteiger partial charge < -0.3 is 5.32 Å². The number of aromatic nitrogens is 1. The van der Waals surface area contributed by atoms with Crippen LogP contribution in [-0.2, 0) is 13.1 Å². The number of hydrogen-bond acceptors (Lipinski definition) is 3. The summed E-state index contributed by atoms with van der Waals surface area (Å²) in [6, 6.07) is 4.80. The molecule has 0 atom stereocenters. The number of nitrogens with zero attached hydrogens (tertiary/aromatic N) is 2. The average molecular weight is 261 g/mol. The molecule has 0 aliphatic carbocycles. The fraction of sp³-hybridized carbons (Fsp3) is 0.562. The topological polar surface area (TPSA) is 28.2 Å². The van der Waals surface area contributed by atoms with Crippen molar-refractivity contribution in [2.45, 2.75) is 46.3 Å². The van der Waals surface area contributed by atoms with Gasteiger partial charge in [-0.15, -0.1) is 6.58 Å². The van der Waals surface area contributed by atoms with Crippen LogP contribution in [0.3, 0.4) is 0 Å². The lowest BCUT2D eigenvalue weighted by Crippen LogP contribution is -2.30. The molecule has 0 bridgehead atoms. The molecule has 0 radical (unpaired) electrons. The van der Waals surface area contributed by atoms with Crippen LogP contribution in [0.5, 0.6) is 0 Å². The second-order valence-corrected chi connectivity index (χ2v) is 5.15.